The Bertz CT molecular complexity index is 484. The molecule has 2 amide bonds. The predicted octanol–water partition coefficient (Wildman–Crippen LogP) is 2.72. The van der Waals surface area contributed by atoms with E-state index in [1.54, 1.807) is 20.4 Å². The van der Waals surface area contributed by atoms with Crippen molar-refractivity contribution < 1.29 is 14.3 Å². The van der Waals surface area contributed by atoms with Crippen LogP contribution in [0.2, 0.25) is 0 Å². The molecule has 0 bridgehead atoms. The number of urea groups is 1. The fourth-order valence-electron chi connectivity index (χ4n) is 1.72. The Hall–Kier alpha value is -2.17. The van der Waals surface area contributed by atoms with Crippen molar-refractivity contribution in [2.75, 3.05) is 20.8 Å². The van der Waals surface area contributed by atoms with E-state index in [0.717, 1.165) is 12.0 Å². The second-order valence-electron chi connectivity index (χ2n) is 4.94. The van der Waals surface area contributed by atoms with Crippen molar-refractivity contribution in [1.82, 2.24) is 10.6 Å². The van der Waals surface area contributed by atoms with Gasteiger partial charge in [0.1, 0.15) is 0 Å². The standard InChI is InChI=1S/C16H24N2O3/c1-12(2)7-9-17-16(19)18-10-8-13-5-6-14(20-3)15(11-13)21-4/h5-7,9,11-12H,8,10H2,1-4H3,(H2,17,18,19)/b9-7+. The summed E-state index contributed by atoms with van der Waals surface area (Å²) >= 11 is 0. The minimum Gasteiger partial charge on any atom is -0.493 e. The van der Waals surface area contributed by atoms with E-state index in [4.69, 9.17) is 9.47 Å². The molecule has 21 heavy (non-hydrogen) atoms. The van der Waals surface area contributed by atoms with Gasteiger partial charge in [0.2, 0.25) is 0 Å². The molecule has 1 aromatic carbocycles. The minimum absolute atomic E-state index is 0.202. The van der Waals surface area contributed by atoms with Gasteiger partial charge in [0, 0.05) is 12.7 Å². The lowest BCUT2D eigenvalue weighted by Gasteiger charge is -2.10. The Kier molecular flexibility index (Phi) is 7.15. The van der Waals surface area contributed by atoms with Crippen molar-refractivity contribution in [2.45, 2.75) is 20.3 Å². The highest BCUT2D eigenvalue weighted by Crippen LogP contribution is 2.27. The van der Waals surface area contributed by atoms with Gasteiger partial charge in [-0.1, -0.05) is 26.0 Å². The molecule has 1 aromatic rings. The van der Waals surface area contributed by atoms with Crippen LogP contribution in [-0.2, 0) is 6.42 Å². The first-order valence-electron chi connectivity index (χ1n) is 6.98. The van der Waals surface area contributed by atoms with Crippen molar-refractivity contribution in [1.29, 1.82) is 0 Å². The van der Waals surface area contributed by atoms with Gasteiger partial charge in [-0.25, -0.2) is 4.79 Å². The molecule has 2 N–H and O–H groups in total. The molecule has 0 saturated heterocycles. The molecule has 5 heteroatoms. The summed E-state index contributed by atoms with van der Waals surface area (Å²) in [5.41, 5.74) is 1.07. The SMILES string of the molecule is COc1ccc(CCNC(=O)N/C=C/C(C)C)cc1OC. The van der Waals surface area contributed by atoms with E-state index in [0.29, 0.717) is 24.0 Å². The molecule has 0 saturated carbocycles. The zero-order valence-electron chi connectivity index (χ0n) is 13.1. The number of amides is 2. The zero-order valence-corrected chi connectivity index (χ0v) is 13.1. The smallest absolute Gasteiger partial charge is 0.318 e. The van der Waals surface area contributed by atoms with E-state index in [1.807, 2.05) is 38.1 Å². The third-order valence-electron chi connectivity index (χ3n) is 2.84. The second-order valence-corrected chi connectivity index (χ2v) is 4.94. The third kappa shape index (κ3) is 6.21. The lowest BCUT2D eigenvalue weighted by molar-refractivity contribution is 0.244. The maximum atomic E-state index is 11.5. The molecule has 1 rings (SSSR count). The molecule has 5 nitrogen and oxygen atoms in total. The van der Waals surface area contributed by atoms with Crippen LogP contribution in [0.15, 0.2) is 30.5 Å². The van der Waals surface area contributed by atoms with Crippen LogP contribution in [0.25, 0.3) is 0 Å². The Balaban J connectivity index is 2.40. The van der Waals surface area contributed by atoms with E-state index in [-0.39, 0.29) is 6.03 Å². The molecule has 116 valence electrons. The lowest BCUT2D eigenvalue weighted by atomic mass is 10.1. The fraction of sp³-hybridized carbons (Fsp3) is 0.438. The number of benzene rings is 1. The molecule has 0 spiro atoms. The van der Waals surface area contributed by atoms with Crippen molar-refractivity contribution in [3.8, 4) is 11.5 Å². The van der Waals surface area contributed by atoms with Gasteiger partial charge in [0.15, 0.2) is 11.5 Å². The molecule has 0 atom stereocenters. The van der Waals surface area contributed by atoms with E-state index in [2.05, 4.69) is 10.6 Å². The largest absolute Gasteiger partial charge is 0.493 e. The summed E-state index contributed by atoms with van der Waals surface area (Å²) in [4.78, 5) is 11.5. The van der Waals surface area contributed by atoms with Crippen molar-refractivity contribution in [3.63, 3.8) is 0 Å². The first-order chi connectivity index (χ1) is 10.1. The number of nitrogens with one attached hydrogen (secondary N) is 2. The molecule has 0 aliphatic rings. The zero-order chi connectivity index (χ0) is 15.7. The molecule has 0 unspecified atom stereocenters. The number of allylic oxidation sites excluding steroid dienone is 1. The Morgan fingerprint density at radius 3 is 2.57 bits per heavy atom. The number of hydrogen-bond donors (Lipinski definition) is 2. The van der Waals surface area contributed by atoms with E-state index >= 15 is 0 Å². The molecule has 0 aliphatic carbocycles. The van der Waals surface area contributed by atoms with Crippen molar-refractivity contribution >= 4 is 6.03 Å². The Labute approximate surface area is 126 Å². The number of rotatable bonds is 7. The quantitative estimate of drug-likeness (QED) is 0.812. The average Bonchev–Trinajstić information content (AvgIpc) is 2.46. The summed E-state index contributed by atoms with van der Waals surface area (Å²) in [5.74, 6) is 1.81. The molecule has 0 fully saturated rings. The summed E-state index contributed by atoms with van der Waals surface area (Å²) in [6.07, 6.45) is 4.31. The summed E-state index contributed by atoms with van der Waals surface area (Å²) in [6, 6.07) is 5.53. The summed E-state index contributed by atoms with van der Waals surface area (Å²) < 4.78 is 10.4. The van der Waals surface area contributed by atoms with Gasteiger partial charge in [-0.05, 0) is 30.0 Å². The van der Waals surface area contributed by atoms with Crippen LogP contribution in [-0.4, -0.2) is 26.8 Å². The van der Waals surface area contributed by atoms with E-state index in [1.165, 1.54) is 0 Å². The number of ether oxygens (including phenoxy) is 2. The third-order valence-corrected chi connectivity index (χ3v) is 2.84. The highest BCUT2D eigenvalue weighted by molar-refractivity contribution is 5.74. The average molecular weight is 292 g/mol. The van der Waals surface area contributed by atoms with E-state index in [9.17, 15) is 4.79 Å². The molecule has 0 aliphatic heterocycles. The highest BCUT2D eigenvalue weighted by Gasteiger charge is 2.04. The topological polar surface area (TPSA) is 59.6 Å². The van der Waals surface area contributed by atoms with Crippen molar-refractivity contribution in [2.24, 2.45) is 5.92 Å². The molecule has 0 heterocycles. The van der Waals surface area contributed by atoms with Gasteiger partial charge >= 0.3 is 6.03 Å². The maximum Gasteiger partial charge on any atom is 0.318 e. The number of carbonyl (C=O) groups excluding carboxylic acids is 1. The highest BCUT2D eigenvalue weighted by atomic mass is 16.5. The summed E-state index contributed by atoms with van der Waals surface area (Å²) in [6.45, 7) is 4.65. The van der Waals surface area contributed by atoms with Crippen LogP contribution in [0.1, 0.15) is 19.4 Å². The normalized spacial score (nSPS) is 10.7. The number of methoxy groups -OCH3 is 2. The number of hydrogen-bond acceptors (Lipinski definition) is 3. The Morgan fingerprint density at radius 2 is 1.95 bits per heavy atom. The molecule has 0 radical (unpaired) electrons. The molecule has 0 aromatic heterocycles. The van der Waals surface area contributed by atoms with Crippen LogP contribution in [0.3, 0.4) is 0 Å². The Morgan fingerprint density at radius 1 is 1.24 bits per heavy atom. The maximum absolute atomic E-state index is 11.5. The van der Waals surface area contributed by atoms with Gasteiger partial charge < -0.3 is 20.1 Å². The fourth-order valence-corrected chi connectivity index (χ4v) is 1.72. The van der Waals surface area contributed by atoms with E-state index < -0.39 is 0 Å². The van der Waals surface area contributed by atoms with Crippen LogP contribution in [0.4, 0.5) is 4.79 Å². The predicted molar refractivity (Wildman–Crippen MR) is 83.8 cm³/mol. The van der Waals surface area contributed by atoms with Crippen LogP contribution in [0.5, 0.6) is 11.5 Å². The summed E-state index contributed by atoms with van der Waals surface area (Å²) in [5, 5.41) is 5.46. The molecular weight excluding hydrogens is 268 g/mol. The van der Waals surface area contributed by atoms with Crippen molar-refractivity contribution in [3.05, 3.63) is 36.0 Å². The van der Waals surface area contributed by atoms with Gasteiger partial charge in [-0.15, -0.1) is 0 Å². The second kappa shape index (κ2) is 8.89. The lowest BCUT2D eigenvalue weighted by Crippen LogP contribution is -2.33. The monoisotopic (exact) mass is 292 g/mol. The first kappa shape index (κ1) is 16.9. The van der Waals surface area contributed by atoms with Crippen LogP contribution in [0, 0.1) is 5.92 Å². The first-order valence-corrected chi connectivity index (χ1v) is 6.98. The van der Waals surface area contributed by atoms with Gasteiger partial charge in [-0.2, -0.15) is 0 Å². The van der Waals surface area contributed by atoms with Gasteiger partial charge in [0.05, 0.1) is 14.2 Å². The van der Waals surface area contributed by atoms with Gasteiger partial charge in [0.25, 0.3) is 0 Å². The van der Waals surface area contributed by atoms with Crippen LogP contribution >= 0.6 is 0 Å². The minimum atomic E-state index is -0.202. The van der Waals surface area contributed by atoms with Gasteiger partial charge in [-0.3, -0.25) is 0 Å². The summed E-state index contributed by atoms with van der Waals surface area (Å²) in [7, 11) is 3.21. The molecular formula is C16H24N2O3. The van der Waals surface area contributed by atoms with Crippen LogP contribution < -0.4 is 20.1 Å². The number of carbonyl (C=O) groups is 1.